The lowest BCUT2D eigenvalue weighted by molar-refractivity contribution is 0.369. The summed E-state index contributed by atoms with van der Waals surface area (Å²) in [5, 5.41) is 3.38. The minimum Gasteiger partial charge on any atom is -0.496 e. The van der Waals surface area contributed by atoms with Crippen LogP contribution in [0.25, 0.3) is 0 Å². The lowest BCUT2D eigenvalue weighted by atomic mass is 10.1. The molecule has 0 bridgehead atoms. The largest absolute Gasteiger partial charge is 0.496 e. The van der Waals surface area contributed by atoms with E-state index in [0.717, 1.165) is 22.7 Å². The molecule has 112 valence electrons. The maximum atomic E-state index is 5.44. The average Bonchev–Trinajstić information content (AvgIpc) is 2.52. The fraction of sp³-hybridized carbons (Fsp3) is 0.250. The predicted octanol–water partition coefficient (Wildman–Crippen LogP) is 3.93. The summed E-state index contributed by atoms with van der Waals surface area (Å²) in [6.07, 6.45) is 0. The fourth-order valence-electron chi connectivity index (χ4n) is 2.04. The molecule has 5 heteroatoms. The monoisotopic (exact) mass is 399 g/mol. The van der Waals surface area contributed by atoms with Gasteiger partial charge in [0.1, 0.15) is 17.2 Å². The Kier molecular flexibility index (Phi) is 5.55. The van der Waals surface area contributed by atoms with Gasteiger partial charge in [0, 0.05) is 27.9 Å². The van der Waals surface area contributed by atoms with E-state index in [-0.39, 0.29) is 0 Å². The van der Waals surface area contributed by atoms with Gasteiger partial charge in [0.05, 0.1) is 26.9 Å². The van der Waals surface area contributed by atoms with Crippen LogP contribution < -0.4 is 19.5 Å². The first-order valence-electron chi connectivity index (χ1n) is 6.46. The number of ether oxygens (including phenoxy) is 3. The van der Waals surface area contributed by atoms with E-state index in [1.54, 1.807) is 21.3 Å². The Hall–Kier alpha value is -1.63. The second-order valence-corrected chi connectivity index (χ2v) is 5.62. The molecule has 0 aromatic heterocycles. The second-order valence-electron chi connectivity index (χ2n) is 4.37. The molecular weight excluding hydrogens is 381 g/mol. The lowest BCUT2D eigenvalue weighted by Crippen LogP contribution is -2.05. The number of hydrogen-bond donors (Lipinski definition) is 1. The van der Waals surface area contributed by atoms with Crippen molar-refractivity contribution in [3.63, 3.8) is 0 Å². The van der Waals surface area contributed by atoms with Crippen LogP contribution in [0.15, 0.2) is 36.4 Å². The summed E-state index contributed by atoms with van der Waals surface area (Å²) in [6.45, 7) is 0.608. The van der Waals surface area contributed by atoms with Crippen LogP contribution in [0.4, 0.5) is 5.69 Å². The van der Waals surface area contributed by atoms with Crippen molar-refractivity contribution in [3.05, 3.63) is 45.5 Å². The molecule has 0 unspecified atom stereocenters. The Morgan fingerprint density at radius 2 is 1.62 bits per heavy atom. The van der Waals surface area contributed by atoms with Gasteiger partial charge >= 0.3 is 0 Å². The van der Waals surface area contributed by atoms with E-state index in [0.29, 0.717) is 12.3 Å². The van der Waals surface area contributed by atoms with Crippen LogP contribution in [0.5, 0.6) is 17.2 Å². The highest BCUT2D eigenvalue weighted by atomic mass is 127. The molecular formula is C16H18INO3. The molecule has 0 heterocycles. The number of benzene rings is 2. The summed E-state index contributed by atoms with van der Waals surface area (Å²) < 4.78 is 17.3. The molecule has 0 amide bonds. The van der Waals surface area contributed by atoms with Crippen molar-refractivity contribution in [2.24, 2.45) is 0 Å². The van der Waals surface area contributed by atoms with Gasteiger partial charge in [0.2, 0.25) is 0 Å². The smallest absolute Gasteiger partial charge is 0.131 e. The third-order valence-electron chi connectivity index (χ3n) is 3.11. The van der Waals surface area contributed by atoms with Crippen LogP contribution in [-0.2, 0) is 6.54 Å². The zero-order valence-corrected chi connectivity index (χ0v) is 14.4. The first-order chi connectivity index (χ1) is 10.2. The molecule has 0 fully saturated rings. The number of methoxy groups -OCH3 is 3. The van der Waals surface area contributed by atoms with Crippen LogP contribution in [0, 0.1) is 3.57 Å². The molecule has 0 saturated heterocycles. The first-order valence-corrected chi connectivity index (χ1v) is 7.54. The minimum absolute atomic E-state index is 0.608. The van der Waals surface area contributed by atoms with Gasteiger partial charge in [-0.15, -0.1) is 0 Å². The van der Waals surface area contributed by atoms with Gasteiger partial charge in [-0.25, -0.2) is 0 Å². The van der Waals surface area contributed by atoms with E-state index in [1.165, 1.54) is 3.57 Å². The average molecular weight is 399 g/mol. The zero-order valence-electron chi connectivity index (χ0n) is 12.3. The molecule has 2 aromatic rings. The highest BCUT2D eigenvalue weighted by molar-refractivity contribution is 14.1. The van der Waals surface area contributed by atoms with E-state index >= 15 is 0 Å². The summed E-state index contributed by atoms with van der Waals surface area (Å²) in [7, 11) is 4.91. The standard InChI is InChI=1S/C16H18INO3/c1-19-13-8-15(20-2)14(16(9-13)21-3)10-18-12-6-4-5-11(17)7-12/h4-9,18H,10H2,1-3H3. The molecule has 1 N–H and O–H groups in total. The van der Waals surface area contributed by atoms with Crippen molar-refractivity contribution in [2.75, 3.05) is 26.6 Å². The number of nitrogens with one attached hydrogen (secondary N) is 1. The number of hydrogen-bond acceptors (Lipinski definition) is 4. The third kappa shape index (κ3) is 3.93. The molecule has 0 spiro atoms. The molecule has 0 saturated carbocycles. The molecule has 21 heavy (non-hydrogen) atoms. The highest BCUT2D eigenvalue weighted by Gasteiger charge is 2.13. The zero-order chi connectivity index (χ0) is 15.2. The van der Waals surface area contributed by atoms with E-state index < -0.39 is 0 Å². The van der Waals surface area contributed by atoms with Crippen LogP contribution in [0.2, 0.25) is 0 Å². The summed E-state index contributed by atoms with van der Waals surface area (Å²) >= 11 is 2.29. The van der Waals surface area contributed by atoms with Gasteiger partial charge in [-0.2, -0.15) is 0 Å². The van der Waals surface area contributed by atoms with Crippen molar-refractivity contribution in [1.29, 1.82) is 0 Å². The van der Waals surface area contributed by atoms with E-state index in [1.807, 2.05) is 24.3 Å². The van der Waals surface area contributed by atoms with Gasteiger partial charge < -0.3 is 19.5 Å². The number of halogens is 1. The quantitative estimate of drug-likeness (QED) is 0.748. The number of rotatable bonds is 6. The molecule has 0 aliphatic rings. The van der Waals surface area contributed by atoms with E-state index in [4.69, 9.17) is 14.2 Å². The summed E-state index contributed by atoms with van der Waals surface area (Å²) in [4.78, 5) is 0. The topological polar surface area (TPSA) is 39.7 Å². The Labute approximate surface area is 138 Å². The Balaban J connectivity index is 2.26. The SMILES string of the molecule is COc1cc(OC)c(CNc2cccc(I)c2)c(OC)c1. The summed E-state index contributed by atoms with van der Waals surface area (Å²) in [5.74, 6) is 2.19. The van der Waals surface area contributed by atoms with Crippen LogP contribution in [0.3, 0.4) is 0 Å². The first kappa shape index (κ1) is 15.8. The van der Waals surface area contributed by atoms with Crippen LogP contribution in [0.1, 0.15) is 5.56 Å². The third-order valence-corrected chi connectivity index (χ3v) is 3.78. The van der Waals surface area contributed by atoms with Gasteiger partial charge in [-0.3, -0.25) is 0 Å². The van der Waals surface area contributed by atoms with Gasteiger partial charge in [0.15, 0.2) is 0 Å². The number of anilines is 1. The second kappa shape index (κ2) is 7.40. The van der Waals surface area contributed by atoms with Crippen molar-refractivity contribution in [1.82, 2.24) is 0 Å². The van der Waals surface area contributed by atoms with E-state index in [2.05, 4.69) is 40.0 Å². The maximum Gasteiger partial charge on any atom is 0.131 e. The van der Waals surface area contributed by atoms with Crippen molar-refractivity contribution in [3.8, 4) is 17.2 Å². The van der Waals surface area contributed by atoms with Gasteiger partial charge in [-0.05, 0) is 40.8 Å². The summed E-state index contributed by atoms with van der Waals surface area (Å²) in [5.41, 5.74) is 2.02. The Morgan fingerprint density at radius 3 is 2.14 bits per heavy atom. The molecule has 2 rings (SSSR count). The highest BCUT2D eigenvalue weighted by Crippen LogP contribution is 2.34. The molecule has 0 aliphatic heterocycles. The van der Waals surface area contributed by atoms with Gasteiger partial charge in [-0.1, -0.05) is 6.07 Å². The van der Waals surface area contributed by atoms with Crippen molar-refractivity contribution >= 4 is 28.3 Å². The minimum atomic E-state index is 0.608. The normalized spacial score (nSPS) is 10.1. The van der Waals surface area contributed by atoms with Gasteiger partial charge in [0.25, 0.3) is 0 Å². The van der Waals surface area contributed by atoms with Crippen LogP contribution in [-0.4, -0.2) is 21.3 Å². The molecule has 0 aliphatic carbocycles. The molecule has 2 aromatic carbocycles. The van der Waals surface area contributed by atoms with Crippen molar-refractivity contribution in [2.45, 2.75) is 6.54 Å². The molecule has 0 atom stereocenters. The van der Waals surface area contributed by atoms with Crippen molar-refractivity contribution < 1.29 is 14.2 Å². The molecule has 4 nitrogen and oxygen atoms in total. The molecule has 0 radical (unpaired) electrons. The van der Waals surface area contributed by atoms with E-state index in [9.17, 15) is 0 Å². The fourth-order valence-corrected chi connectivity index (χ4v) is 2.58. The predicted molar refractivity (Wildman–Crippen MR) is 92.6 cm³/mol. The van der Waals surface area contributed by atoms with Crippen LogP contribution >= 0.6 is 22.6 Å². The maximum absolute atomic E-state index is 5.44. The lowest BCUT2D eigenvalue weighted by Gasteiger charge is -2.16. The Morgan fingerprint density at radius 1 is 0.952 bits per heavy atom. The Bertz CT molecular complexity index is 591. The summed E-state index contributed by atoms with van der Waals surface area (Å²) in [6, 6.07) is 11.9.